The monoisotopic (exact) mass is 756 g/mol. The zero-order valence-electron chi connectivity index (χ0n) is 31.7. The Balaban J connectivity index is 1.20. The van der Waals surface area contributed by atoms with Gasteiger partial charge in [-0.15, -0.1) is 0 Å². The largest absolute Gasteiger partial charge is 0.497 e. The third-order valence-corrected chi connectivity index (χ3v) is 14.4. The summed E-state index contributed by atoms with van der Waals surface area (Å²) < 4.78 is 41.0. The number of ether oxygens (including phenoxy) is 2. The van der Waals surface area contributed by atoms with Crippen molar-refractivity contribution in [2.75, 3.05) is 32.5 Å². The van der Waals surface area contributed by atoms with Gasteiger partial charge in [-0.1, -0.05) is 38.8 Å². The Bertz CT molecular complexity index is 2140. The smallest absolute Gasteiger partial charge is 0.415 e. The molecule has 5 aliphatic rings. The van der Waals surface area contributed by atoms with Crippen molar-refractivity contribution in [2.45, 2.75) is 108 Å². The van der Waals surface area contributed by atoms with E-state index in [0.29, 0.717) is 63.5 Å². The lowest BCUT2D eigenvalue weighted by Crippen LogP contribution is -2.56. The van der Waals surface area contributed by atoms with E-state index >= 15 is 4.79 Å². The molecule has 11 nitrogen and oxygen atoms in total. The fourth-order valence-corrected chi connectivity index (χ4v) is 11.4. The molecule has 2 atom stereocenters. The first-order valence-electron chi connectivity index (χ1n) is 19.7. The summed E-state index contributed by atoms with van der Waals surface area (Å²) in [6.07, 6.45) is 9.54. The van der Waals surface area contributed by atoms with Gasteiger partial charge in [0.25, 0.3) is 5.91 Å². The first kappa shape index (κ1) is 36.6. The molecule has 4 heterocycles. The van der Waals surface area contributed by atoms with Crippen LogP contribution in [-0.2, 0) is 26.1 Å². The van der Waals surface area contributed by atoms with Crippen LogP contribution >= 0.6 is 0 Å². The Morgan fingerprint density at radius 1 is 0.981 bits per heavy atom. The molecule has 8 rings (SSSR count). The summed E-state index contributed by atoms with van der Waals surface area (Å²) in [6.45, 7) is 9.40. The molecule has 2 saturated heterocycles. The van der Waals surface area contributed by atoms with E-state index in [0.717, 1.165) is 72.0 Å². The third kappa shape index (κ3) is 6.18. The summed E-state index contributed by atoms with van der Waals surface area (Å²) in [6, 6.07) is 11.8. The van der Waals surface area contributed by atoms with Gasteiger partial charge in [-0.3, -0.25) is 9.59 Å². The number of hydrogen-bond acceptors (Lipinski definition) is 7. The molecule has 3 aliphatic heterocycles. The molecule has 0 bridgehead atoms. The van der Waals surface area contributed by atoms with Gasteiger partial charge in [0.05, 0.1) is 29.7 Å². The van der Waals surface area contributed by atoms with Gasteiger partial charge in [0.15, 0.2) is 0 Å². The van der Waals surface area contributed by atoms with Gasteiger partial charge in [-0.05, 0) is 106 Å². The summed E-state index contributed by atoms with van der Waals surface area (Å²) >= 11 is 0. The molecule has 2 aliphatic carbocycles. The number of sulfonamides is 1. The predicted molar refractivity (Wildman–Crippen MR) is 207 cm³/mol. The molecule has 1 spiro atoms. The average molecular weight is 757 g/mol. The number of hydrogen-bond donors (Lipinski definition) is 1. The van der Waals surface area contributed by atoms with Crippen LogP contribution in [0.4, 0.5) is 4.79 Å². The number of carbonyl (C=O) groups is 3. The molecule has 1 N–H and O–H groups in total. The molecular weight excluding hydrogens is 705 g/mol. The van der Waals surface area contributed by atoms with Crippen molar-refractivity contribution in [3.63, 3.8) is 0 Å². The highest BCUT2D eigenvalue weighted by Gasteiger charge is 2.64. The predicted octanol–water partition coefficient (Wildman–Crippen LogP) is 7.45. The number of allylic oxidation sites excluding steroid dienone is 1. The number of amides is 3. The van der Waals surface area contributed by atoms with Crippen LogP contribution in [0.2, 0.25) is 0 Å². The minimum Gasteiger partial charge on any atom is -0.497 e. The van der Waals surface area contributed by atoms with Crippen molar-refractivity contribution in [2.24, 2.45) is 5.41 Å². The number of piperidine rings is 1. The van der Waals surface area contributed by atoms with Crippen LogP contribution in [0.3, 0.4) is 0 Å². The Kier molecular flexibility index (Phi) is 9.34. The van der Waals surface area contributed by atoms with E-state index in [1.807, 2.05) is 28.0 Å². The van der Waals surface area contributed by atoms with Crippen LogP contribution in [0.15, 0.2) is 48.7 Å². The molecule has 4 fully saturated rings. The van der Waals surface area contributed by atoms with E-state index < -0.39 is 21.3 Å². The highest BCUT2D eigenvalue weighted by Crippen LogP contribution is 2.66. The summed E-state index contributed by atoms with van der Waals surface area (Å²) in [5, 5.41) is 1.05. The minimum atomic E-state index is -3.77. The number of nitrogens with zero attached hydrogens (tertiary/aromatic N) is 3. The number of nitrogens with one attached hydrogen (secondary N) is 1. The molecular formula is C42H52N4O7S. The van der Waals surface area contributed by atoms with Crippen LogP contribution < -0.4 is 9.46 Å². The van der Waals surface area contributed by atoms with Gasteiger partial charge in [-0.2, -0.15) is 0 Å². The van der Waals surface area contributed by atoms with Crippen LogP contribution in [0.5, 0.6) is 5.75 Å². The second-order valence-electron chi connectivity index (χ2n) is 16.4. The van der Waals surface area contributed by atoms with Gasteiger partial charge in [0.1, 0.15) is 5.75 Å². The zero-order valence-corrected chi connectivity index (χ0v) is 32.6. The van der Waals surface area contributed by atoms with Gasteiger partial charge >= 0.3 is 6.09 Å². The lowest BCUT2D eigenvalue weighted by Gasteiger charge is -2.45. The van der Waals surface area contributed by atoms with Gasteiger partial charge in [0.2, 0.25) is 15.9 Å². The van der Waals surface area contributed by atoms with E-state index in [2.05, 4.69) is 28.0 Å². The lowest BCUT2D eigenvalue weighted by atomic mass is 9.81. The second-order valence-corrected chi connectivity index (χ2v) is 18.2. The number of likely N-dealkylation sites (tertiary alicyclic amines) is 2. The molecule has 3 aromatic rings. The molecule has 2 saturated carbocycles. The van der Waals surface area contributed by atoms with Crippen molar-refractivity contribution in [1.29, 1.82) is 0 Å². The molecule has 0 radical (unpaired) electrons. The fraction of sp³-hybridized carbons (Fsp3) is 0.548. The SMILES string of the molecule is C=C(C)OC(=O)N1CCCC12CCN(C(=O)C13CC1c1cc(OC)ccc1-c1c(C4CCCCC4)c4ccc(C(=O)NS(=O)(=O)CCC)cc4n1C3)CC2. The van der Waals surface area contributed by atoms with Crippen molar-refractivity contribution in [1.82, 2.24) is 19.1 Å². The fourth-order valence-electron chi connectivity index (χ4n) is 10.3. The van der Waals surface area contributed by atoms with E-state index in [-0.39, 0.29) is 34.8 Å². The number of benzene rings is 2. The lowest BCUT2D eigenvalue weighted by molar-refractivity contribution is -0.140. The Morgan fingerprint density at radius 2 is 1.74 bits per heavy atom. The third-order valence-electron chi connectivity index (χ3n) is 13.0. The van der Waals surface area contributed by atoms with Gasteiger partial charge in [-0.25, -0.2) is 17.9 Å². The molecule has 288 valence electrons. The normalized spacial score (nSPS) is 23.3. The number of methoxy groups -OCH3 is 1. The number of carbonyl (C=O) groups excluding carboxylic acids is 3. The maximum atomic E-state index is 15.1. The van der Waals surface area contributed by atoms with Crippen LogP contribution in [0, 0.1) is 5.41 Å². The zero-order chi connectivity index (χ0) is 38.0. The van der Waals surface area contributed by atoms with Crippen molar-refractivity contribution in [3.05, 3.63) is 65.4 Å². The summed E-state index contributed by atoms with van der Waals surface area (Å²) in [4.78, 5) is 45.5. The number of fused-ring (bicyclic) bond motifs is 7. The van der Waals surface area contributed by atoms with Gasteiger partial charge in [0, 0.05) is 59.7 Å². The maximum Gasteiger partial charge on any atom is 0.415 e. The highest BCUT2D eigenvalue weighted by molar-refractivity contribution is 7.90. The Morgan fingerprint density at radius 3 is 2.44 bits per heavy atom. The Labute approximate surface area is 318 Å². The van der Waals surface area contributed by atoms with Crippen molar-refractivity contribution < 1.29 is 32.3 Å². The van der Waals surface area contributed by atoms with E-state index in [1.54, 1.807) is 27.0 Å². The summed E-state index contributed by atoms with van der Waals surface area (Å²) in [5.74, 6) is 0.774. The maximum absolute atomic E-state index is 15.1. The number of rotatable bonds is 8. The second kappa shape index (κ2) is 13.8. The molecule has 3 amide bonds. The van der Waals surface area contributed by atoms with Crippen LogP contribution in [-0.4, -0.2) is 78.7 Å². The molecule has 12 heteroatoms. The summed E-state index contributed by atoms with van der Waals surface area (Å²) in [5.41, 5.74) is 4.66. The quantitative estimate of drug-likeness (QED) is 0.237. The first-order chi connectivity index (χ1) is 25.9. The minimum absolute atomic E-state index is 0.0145. The van der Waals surface area contributed by atoms with E-state index in [4.69, 9.17) is 9.47 Å². The molecule has 54 heavy (non-hydrogen) atoms. The van der Waals surface area contributed by atoms with Crippen molar-refractivity contribution >= 4 is 38.8 Å². The summed E-state index contributed by atoms with van der Waals surface area (Å²) in [7, 11) is -2.10. The van der Waals surface area contributed by atoms with E-state index in [1.165, 1.54) is 12.0 Å². The van der Waals surface area contributed by atoms with E-state index in [9.17, 15) is 18.0 Å². The average Bonchev–Trinajstić information content (AvgIpc) is 3.65. The first-order valence-corrected chi connectivity index (χ1v) is 21.4. The molecule has 1 aromatic heterocycles. The Hall–Kier alpha value is -4.32. The van der Waals surface area contributed by atoms with Crippen LogP contribution in [0.25, 0.3) is 22.2 Å². The van der Waals surface area contributed by atoms with Gasteiger partial charge < -0.3 is 23.8 Å². The molecule has 2 aromatic carbocycles. The topological polar surface area (TPSA) is 127 Å². The van der Waals surface area contributed by atoms with Crippen molar-refractivity contribution in [3.8, 4) is 17.0 Å². The standard InChI is InChI=1S/C42H52N4O7S/c1-5-22-54(50,51)43-38(47)29-12-14-32-35(23-29)45-26-42(39(48)44-20-17-41(18-21-44)16-9-19-46(41)40(49)53-27(2)3)25-34(42)33-24-30(52-4)13-15-31(33)37(45)36(32)28-10-7-6-8-11-28/h12-15,23-24,28,34H,2,5-11,16-22,25-26H2,1,3-4H3,(H,43,47). The highest BCUT2D eigenvalue weighted by atomic mass is 32.2. The number of aromatic nitrogens is 1. The van der Waals surface area contributed by atoms with Crippen LogP contribution in [0.1, 0.15) is 118 Å². The molecule has 2 unspecified atom stereocenters.